The van der Waals surface area contributed by atoms with Gasteiger partial charge in [0.2, 0.25) is 5.91 Å². The largest absolute Gasteiger partial charge is 0.356 e. The Bertz CT molecular complexity index is 115. The average molecular weight is 158 g/mol. The molecule has 3 heteroatoms. The van der Waals surface area contributed by atoms with Crippen LogP contribution < -0.4 is 10.6 Å². The van der Waals surface area contributed by atoms with Crippen LogP contribution in [-0.4, -0.2) is 26.0 Å². The fraction of sp³-hybridized carbons (Fsp3) is 0.875. The molecule has 11 heavy (non-hydrogen) atoms. The minimum atomic E-state index is 0.0755. The van der Waals surface area contributed by atoms with Crippen molar-refractivity contribution in [3.8, 4) is 0 Å². The third-order valence-electron chi connectivity index (χ3n) is 1.51. The SMILES string of the molecule is CCCNC(=O)C(C)CNC. The lowest BCUT2D eigenvalue weighted by molar-refractivity contribution is -0.124. The lowest BCUT2D eigenvalue weighted by Gasteiger charge is -2.10. The van der Waals surface area contributed by atoms with Gasteiger partial charge in [0.05, 0.1) is 0 Å². The summed E-state index contributed by atoms with van der Waals surface area (Å²) in [6.45, 7) is 5.49. The van der Waals surface area contributed by atoms with Gasteiger partial charge in [-0.05, 0) is 13.5 Å². The van der Waals surface area contributed by atoms with Gasteiger partial charge in [0.15, 0.2) is 0 Å². The van der Waals surface area contributed by atoms with Crippen molar-refractivity contribution in [1.82, 2.24) is 10.6 Å². The quantitative estimate of drug-likeness (QED) is 0.607. The molecule has 0 heterocycles. The van der Waals surface area contributed by atoms with Gasteiger partial charge in [-0.2, -0.15) is 0 Å². The van der Waals surface area contributed by atoms with Crippen LogP contribution in [0.4, 0.5) is 0 Å². The first kappa shape index (κ1) is 10.4. The van der Waals surface area contributed by atoms with Gasteiger partial charge in [0.25, 0.3) is 0 Å². The van der Waals surface area contributed by atoms with E-state index < -0.39 is 0 Å². The maximum atomic E-state index is 11.1. The molecule has 0 aliphatic carbocycles. The summed E-state index contributed by atoms with van der Waals surface area (Å²) >= 11 is 0. The molecule has 0 saturated heterocycles. The topological polar surface area (TPSA) is 41.1 Å². The van der Waals surface area contributed by atoms with Crippen LogP contribution in [0.5, 0.6) is 0 Å². The minimum Gasteiger partial charge on any atom is -0.356 e. The van der Waals surface area contributed by atoms with E-state index in [9.17, 15) is 4.79 Å². The predicted octanol–water partition coefficient (Wildman–Crippen LogP) is 0.368. The first-order chi connectivity index (χ1) is 5.22. The van der Waals surface area contributed by atoms with Gasteiger partial charge < -0.3 is 10.6 Å². The third-order valence-corrected chi connectivity index (χ3v) is 1.51. The zero-order valence-corrected chi connectivity index (χ0v) is 7.61. The van der Waals surface area contributed by atoms with E-state index in [0.717, 1.165) is 19.5 Å². The van der Waals surface area contributed by atoms with Gasteiger partial charge in [0, 0.05) is 19.0 Å². The Labute approximate surface area is 68.6 Å². The molecule has 3 nitrogen and oxygen atoms in total. The smallest absolute Gasteiger partial charge is 0.224 e. The van der Waals surface area contributed by atoms with Crippen molar-refractivity contribution in [1.29, 1.82) is 0 Å². The predicted molar refractivity (Wildman–Crippen MR) is 46.4 cm³/mol. The zero-order valence-electron chi connectivity index (χ0n) is 7.61. The summed E-state index contributed by atoms with van der Waals surface area (Å²) in [4.78, 5) is 11.1. The lowest BCUT2D eigenvalue weighted by Crippen LogP contribution is -2.34. The Morgan fingerprint density at radius 2 is 2.18 bits per heavy atom. The second-order valence-corrected chi connectivity index (χ2v) is 2.75. The summed E-state index contributed by atoms with van der Waals surface area (Å²) in [6, 6.07) is 0. The van der Waals surface area contributed by atoms with E-state index in [1.165, 1.54) is 0 Å². The van der Waals surface area contributed by atoms with Crippen molar-refractivity contribution in [2.45, 2.75) is 20.3 Å². The standard InChI is InChI=1S/C8H18N2O/c1-4-5-10-8(11)7(2)6-9-3/h7,9H,4-6H2,1-3H3,(H,10,11). The van der Waals surface area contributed by atoms with Crippen LogP contribution >= 0.6 is 0 Å². The van der Waals surface area contributed by atoms with Crippen LogP contribution in [0, 0.1) is 5.92 Å². The number of carbonyl (C=O) groups is 1. The van der Waals surface area contributed by atoms with Crippen molar-refractivity contribution < 1.29 is 4.79 Å². The monoisotopic (exact) mass is 158 g/mol. The summed E-state index contributed by atoms with van der Waals surface area (Å²) in [5, 5.41) is 5.80. The van der Waals surface area contributed by atoms with Gasteiger partial charge in [0.1, 0.15) is 0 Å². The Morgan fingerprint density at radius 1 is 1.55 bits per heavy atom. The number of hydrogen-bond acceptors (Lipinski definition) is 2. The van der Waals surface area contributed by atoms with E-state index >= 15 is 0 Å². The van der Waals surface area contributed by atoms with Crippen LogP contribution in [0.2, 0.25) is 0 Å². The molecule has 0 radical (unpaired) electrons. The molecule has 0 rings (SSSR count). The van der Waals surface area contributed by atoms with Crippen molar-refractivity contribution in [3.63, 3.8) is 0 Å². The molecule has 0 fully saturated rings. The molecule has 66 valence electrons. The first-order valence-electron chi connectivity index (χ1n) is 4.14. The van der Waals surface area contributed by atoms with Crippen molar-refractivity contribution in [3.05, 3.63) is 0 Å². The number of amides is 1. The van der Waals surface area contributed by atoms with Gasteiger partial charge >= 0.3 is 0 Å². The Kier molecular flexibility index (Phi) is 5.84. The molecular weight excluding hydrogens is 140 g/mol. The van der Waals surface area contributed by atoms with Gasteiger partial charge in [-0.15, -0.1) is 0 Å². The minimum absolute atomic E-state index is 0.0755. The number of nitrogens with one attached hydrogen (secondary N) is 2. The fourth-order valence-corrected chi connectivity index (χ4v) is 0.821. The summed E-state index contributed by atoms with van der Waals surface area (Å²) in [5.74, 6) is 0.216. The molecule has 0 aliphatic rings. The molecule has 0 saturated carbocycles. The molecule has 2 N–H and O–H groups in total. The molecule has 0 aromatic rings. The van der Waals surface area contributed by atoms with E-state index in [1.807, 2.05) is 20.9 Å². The lowest BCUT2D eigenvalue weighted by atomic mass is 10.1. The van der Waals surface area contributed by atoms with Crippen LogP contribution in [0.3, 0.4) is 0 Å². The molecule has 0 spiro atoms. The first-order valence-corrected chi connectivity index (χ1v) is 4.14. The summed E-state index contributed by atoms with van der Waals surface area (Å²) in [7, 11) is 1.85. The molecule has 1 unspecified atom stereocenters. The van der Waals surface area contributed by atoms with E-state index in [2.05, 4.69) is 10.6 Å². The van der Waals surface area contributed by atoms with E-state index in [1.54, 1.807) is 0 Å². The van der Waals surface area contributed by atoms with E-state index in [-0.39, 0.29) is 11.8 Å². The highest BCUT2D eigenvalue weighted by Crippen LogP contribution is 1.91. The third kappa shape index (κ3) is 4.79. The van der Waals surface area contributed by atoms with Crippen molar-refractivity contribution >= 4 is 5.91 Å². The Hall–Kier alpha value is -0.570. The van der Waals surface area contributed by atoms with Crippen LogP contribution in [0.25, 0.3) is 0 Å². The highest BCUT2D eigenvalue weighted by atomic mass is 16.1. The Morgan fingerprint density at radius 3 is 2.64 bits per heavy atom. The average Bonchev–Trinajstić information content (AvgIpc) is 2.00. The normalized spacial score (nSPS) is 12.6. The maximum Gasteiger partial charge on any atom is 0.224 e. The molecule has 0 bridgehead atoms. The second-order valence-electron chi connectivity index (χ2n) is 2.75. The number of hydrogen-bond donors (Lipinski definition) is 2. The highest BCUT2D eigenvalue weighted by Gasteiger charge is 2.09. The molecule has 0 aromatic heterocycles. The second kappa shape index (κ2) is 6.16. The van der Waals surface area contributed by atoms with Gasteiger partial charge in [-0.3, -0.25) is 4.79 Å². The molecule has 1 atom stereocenters. The molecule has 1 amide bonds. The van der Waals surface area contributed by atoms with Gasteiger partial charge in [-0.1, -0.05) is 13.8 Å². The van der Waals surface area contributed by atoms with Crippen LogP contribution in [-0.2, 0) is 4.79 Å². The fourth-order valence-electron chi connectivity index (χ4n) is 0.821. The van der Waals surface area contributed by atoms with E-state index in [0.29, 0.717) is 0 Å². The molecular formula is C8H18N2O. The summed E-state index contributed by atoms with van der Waals surface area (Å²) in [5.41, 5.74) is 0. The maximum absolute atomic E-state index is 11.1. The molecule has 0 aromatic carbocycles. The highest BCUT2D eigenvalue weighted by molar-refractivity contribution is 5.78. The van der Waals surface area contributed by atoms with Crippen LogP contribution in [0.1, 0.15) is 20.3 Å². The van der Waals surface area contributed by atoms with Gasteiger partial charge in [-0.25, -0.2) is 0 Å². The van der Waals surface area contributed by atoms with Crippen LogP contribution in [0.15, 0.2) is 0 Å². The zero-order chi connectivity index (χ0) is 8.69. The molecule has 0 aliphatic heterocycles. The summed E-state index contributed by atoms with van der Waals surface area (Å²) in [6.07, 6.45) is 0.998. The van der Waals surface area contributed by atoms with Crippen molar-refractivity contribution in [2.75, 3.05) is 20.1 Å². The van der Waals surface area contributed by atoms with E-state index in [4.69, 9.17) is 0 Å². The Balaban J connectivity index is 3.47. The number of carbonyl (C=O) groups excluding carboxylic acids is 1. The summed E-state index contributed by atoms with van der Waals surface area (Å²) < 4.78 is 0. The van der Waals surface area contributed by atoms with Crippen molar-refractivity contribution in [2.24, 2.45) is 5.92 Å². The number of rotatable bonds is 5.